The molecule has 0 unspecified atom stereocenters. The molecule has 11 heavy (non-hydrogen) atoms. The van der Waals surface area contributed by atoms with Crippen molar-refractivity contribution in [1.29, 1.82) is 0 Å². The Morgan fingerprint density at radius 3 is 2.18 bits per heavy atom. The van der Waals surface area contributed by atoms with Gasteiger partial charge in [0.15, 0.2) is 9.84 Å². The van der Waals surface area contributed by atoms with E-state index in [1.807, 2.05) is 6.07 Å². The van der Waals surface area contributed by atoms with Crippen molar-refractivity contribution >= 4 is 23.1 Å². The second-order valence-corrected chi connectivity index (χ2v) is 4.52. The summed E-state index contributed by atoms with van der Waals surface area (Å²) in [6.45, 7) is 0. The number of hydrogen-bond acceptors (Lipinski definition) is 2. The van der Waals surface area contributed by atoms with Crippen molar-refractivity contribution in [3.05, 3.63) is 24.3 Å². The first-order chi connectivity index (χ1) is 5.02. The summed E-state index contributed by atoms with van der Waals surface area (Å²) in [6, 6.07) is 6.95. The topological polar surface area (TPSA) is 34.1 Å². The van der Waals surface area contributed by atoms with Crippen LogP contribution in [0, 0.1) is 0 Å². The van der Waals surface area contributed by atoms with Crippen molar-refractivity contribution < 1.29 is 8.42 Å². The van der Waals surface area contributed by atoms with E-state index in [1.165, 1.54) is 6.26 Å². The third-order valence-corrected chi connectivity index (χ3v) is 2.75. The van der Waals surface area contributed by atoms with Gasteiger partial charge in [-0.2, -0.15) is 0 Å². The fraction of sp³-hybridized carbons (Fsp3) is 0.143. The van der Waals surface area contributed by atoms with E-state index in [-0.39, 0.29) is 0 Å². The molecular formula is C7H9BO2S. The predicted octanol–water partition coefficient (Wildman–Crippen LogP) is -0.651. The zero-order valence-electron chi connectivity index (χ0n) is 6.53. The van der Waals surface area contributed by atoms with E-state index < -0.39 is 9.84 Å². The van der Waals surface area contributed by atoms with Crippen molar-refractivity contribution in [2.45, 2.75) is 4.90 Å². The molecule has 0 fully saturated rings. The molecule has 4 heteroatoms. The Kier molecular flexibility index (Phi) is 2.04. The van der Waals surface area contributed by atoms with Crippen LogP contribution in [0.3, 0.4) is 0 Å². The molecule has 0 amide bonds. The van der Waals surface area contributed by atoms with Crippen LogP contribution in [0.15, 0.2) is 29.2 Å². The zero-order valence-corrected chi connectivity index (χ0v) is 7.35. The van der Waals surface area contributed by atoms with Crippen LogP contribution in [0.1, 0.15) is 0 Å². The maximum Gasteiger partial charge on any atom is 0.174 e. The maximum absolute atomic E-state index is 11.1. The first-order valence-electron chi connectivity index (χ1n) is 3.27. The molecule has 0 heterocycles. The molecule has 1 aromatic rings. The van der Waals surface area contributed by atoms with E-state index in [1.54, 1.807) is 26.0 Å². The van der Waals surface area contributed by atoms with Gasteiger partial charge in [0.2, 0.25) is 0 Å². The summed E-state index contributed by atoms with van der Waals surface area (Å²) in [7, 11) is -1.25. The summed E-state index contributed by atoms with van der Waals surface area (Å²) in [5.74, 6) is 0. The van der Waals surface area contributed by atoms with Gasteiger partial charge in [-0.15, -0.1) is 0 Å². The molecule has 0 spiro atoms. The smallest absolute Gasteiger partial charge is 0.174 e. The normalized spacial score (nSPS) is 11.4. The highest BCUT2D eigenvalue weighted by atomic mass is 32.2. The van der Waals surface area contributed by atoms with Crippen molar-refractivity contribution in [1.82, 2.24) is 0 Å². The van der Waals surface area contributed by atoms with Gasteiger partial charge < -0.3 is 0 Å². The fourth-order valence-corrected chi connectivity index (χ4v) is 1.95. The molecule has 0 N–H and O–H groups in total. The molecule has 0 aliphatic rings. The van der Waals surface area contributed by atoms with Crippen molar-refractivity contribution in [2.24, 2.45) is 0 Å². The largest absolute Gasteiger partial charge is 0.224 e. The van der Waals surface area contributed by atoms with Gasteiger partial charge in [-0.1, -0.05) is 23.7 Å². The Labute approximate surface area is 67.6 Å². The average molecular weight is 168 g/mol. The molecule has 0 bridgehead atoms. The van der Waals surface area contributed by atoms with Crippen LogP contribution < -0.4 is 5.46 Å². The SMILES string of the molecule is Bc1ccccc1S(C)(=O)=O. The van der Waals surface area contributed by atoms with Gasteiger partial charge >= 0.3 is 0 Å². The van der Waals surface area contributed by atoms with Gasteiger partial charge in [-0.3, -0.25) is 0 Å². The van der Waals surface area contributed by atoms with E-state index in [4.69, 9.17) is 0 Å². The van der Waals surface area contributed by atoms with E-state index in [2.05, 4.69) is 0 Å². The van der Waals surface area contributed by atoms with Crippen molar-refractivity contribution in [2.75, 3.05) is 6.26 Å². The van der Waals surface area contributed by atoms with E-state index in [0.29, 0.717) is 4.90 Å². The molecule has 0 saturated carbocycles. The lowest BCUT2D eigenvalue weighted by Gasteiger charge is -2.00. The molecule has 2 nitrogen and oxygen atoms in total. The van der Waals surface area contributed by atoms with E-state index >= 15 is 0 Å². The van der Waals surface area contributed by atoms with E-state index in [9.17, 15) is 8.42 Å². The molecule has 0 aromatic heterocycles. The number of hydrogen-bond donors (Lipinski definition) is 0. The van der Waals surface area contributed by atoms with Crippen LogP contribution in [0.5, 0.6) is 0 Å². The second kappa shape index (κ2) is 2.70. The Bertz CT molecular complexity index is 356. The molecular weight excluding hydrogens is 159 g/mol. The second-order valence-electron chi connectivity index (χ2n) is 2.54. The quantitative estimate of drug-likeness (QED) is 0.522. The zero-order chi connectivity index (χ0) is 8.48. The molecule has 1 aromatic carbocycles. The monoisotopic (exact) mass is 168 g/mol. The fourth-order valence-electron chi connectivity index (χ4n) is 0.972. The summed E-state index contributed by atoms with van der Waals surface area (Å²) in [5.41, 5.74) is 0.801. The molecule has 0 aliphatic carbocycles. The molecule has 0 atom stereocenters. The standard InChI is InChI=1S/C7H9BO2S/c1-11(9,10)7-5-3-2-4-6(7)8/h2-5H,8H2,1H3. The van der Waals surface area contributed by atoms with Gasteiger partial charge in [0.1, 0.15) is 7.85 Å². The summed E-state index contributed by atoms with van der Waals surface area (Å²) in [6.07, 6.45) is 1.22. The highest BCUT2D eigenvalue weighted by Crippen LogP contribution is 2.02. The average Bonchev–Trinajstić information content (AvgIpc) is 1.86. The summed E-state index contributed by atoms with van der Waals surface area (Å²) in [4.78, 5) is 0.417. The van der Waals surface area contributed by atoms with Crippen molar-refractivity contribution in [3.8, 4) is 0 Å². The Balaban J connectivity index is 3.37. The van der Waals surface area contributed by atoms with Crippen LogP contribution in [0.25, 0.3) is 0 Å². The highest BCUT2D eigenvalue weighted by molar-refractivity contribution is 7.91. The minimum atomic E-state index is -3.03. The molecule has 1 rings (SSSR count). The third-order valence-electron chi connectivity index (χ3n) is 1.49. The maximum atomic E-state index is 11.1. The summed E-state index contributed by atoms with van der Waals surface area (Å²) >= 11 is 0. The van der Waals surface area contributed by atoms with Gasteiger partial charge in [-0.25, -0.2) is 8.42 Å². The van der Waals surface area contributed by atoms with E-state index in [0.717, 1.165) is 5.46 Å². The van der Waals surface area contributed by atoms with Gasteiger partial charge in [0.05, 0.1) is 4.90 Å². The Morgan fingerprint density at radius 2 is 1.82 bits per heavy atom. The summed E-state index contributed by atoms with van der Waals surface area (Å²) in [5, 5.41) is 0. The molecule has 0 radical (unpaired) electrons. The molecule has 0 saturated heterocycles. The highest BCUT2D eigenvalue weighted by Gasteiger charge is 2.07. The Morgan fingerprint density at radius 1 is 1.27 bits per heavy atom. The van der Waals surface area contributed by atoms with Gasteiger partial charge in [0, 0.05) is 6.26 Å². The van der Waals surface area contributed by atoms with Crippen LogP contribution in [0.2, 0.25) is 0 Å². The first kappa shape index (κ1) is 8.33. The van der Waals surface area contributed by atoms with Gasteiger partial charge in [-0.05, 0) is 6.07 Å². The lowest BCUT2D eigenvalue weighted by molar-refractivity contribution is 0.602. The minimum Gasteiger partial charge on any atom is -0.224 e. The lowest BCUT2D eigenvalue weighted by atomic mass is 9.97. The van der Waals surface area contributed by atoms with Crippen molar-refractivity contribution in [3.63, 3.8) is 0 Å². The summed E-state index contributed by atoms with van der Waals surface area (Å²) < 4.78 is 22.1. The van der Waals surface area contributed by atoms with Crippen LogP contribution in [-0.4, -0.2) is 22.5 Å². The number of rotatable bonds is 1. The first-order valence-corrected chi connectivity index (χ1v) is 5.16. The van der Waals surface area contributed by atoms with Crippen LogP contribution >= 0.6 is 0 Å². The van der Waals surface area contributed by atoms with Gasteiger partial charge in [0.25, 0.3) is 0 Å². The number of benzene rings is 1. The van der Waals surface area contributed by atoms with Crippen LogP contribution in [0.4, 0.5) is 0 Å². The lowest BCUT2D eigenvalue weighted by Crippen LogP contribution is -2.13. The minimum absolute atomic E-state index is 0.417. The molecule has 58 valence electrons. The molecule has 0 aliphatic heterocycles. The van der Waals surface area contributed by atoms with Crippen LogP contribution in [-0.2, 0) is 9.84 Å². The number of sulfone groups is 1. The Hall–Kier alpha value is -0.765. The third kappa shape index (κ3) is 1.83. The predicted molar refractivity (Wildman–Crippen MR) is 47.7 cm³/mol.